The Balaban J connectivity index is 1.68. The first kappa shape index (κ1) is 14.9. The molecule has 0 radical (unpaired) electrons. The van der Waals surface area contributed by atoms with Crippen molar-refractivity contribution < 1.29 is 4.79 Å². The molecule has 122 valence electrons. The number of hydrogen-bond donors (Lipinski definition) is 1. The summed E-state index contributed by atoms with van der Waals surface area (Å²) in [4.78, 5) is 17.3. The Hall–Kier alpha value is -2.62. The Bertz CT molecular complexity index is 848. The number of benzene rings is 1. The lowest BCUT2D eigenvalue weighted by Gasteiger charge is -2.11. The van der Waals surface area contributed by atoms with E-state index >= 15 is 0 Å². The molecule has 1 N–H and O–H groups in total. The SMILES string of the molecule is O=C(Nc1c(Cc2ccccc2)nc2ccccn12)C1CCCC1. The van der Waals surface area contributed by atoms with Gasteiger partial charge in [-0.1, -0.05) is 49.2 Å². The van der Waals surface area contributed by atoms with Gasteiger partial charge in [-0.3, -0.25) is 9.20 Å². The lowest BCUT2D eigenvalue weighted by molar-refractivity contribution is -0.119. The number of fused-ring (bicyclic) bond motifs is 1. The predicted molar refractivity (Wildman–Crippen MR) is 95.0 cm³/mol. The fraction of sp³-hybridized carbons (Fsp3) is 0.300. The number of imidazole rings is 1. The van der Waals surface area contributed by atoms with Gasteiger partial charge in [0.1, 0.15) is 11.5 Å². The molecule has 0 bridgehead atoms. The average Bonchev–Trinajstić information content (AvgIpc) is 3.25. The Morgan fingerprint density at radius 3 is 2.62 bits per heavy atom. The Labute approximate surface area is 141 Å². The summed E-state index contributed by atoms with van der Waals surface area (Å²) in [6, 6.07) is 16.2. The number of carbonyl (C=O) groups is 1. The molecule has 1 aliphatic rings. The molecule has 0 saturated heterocycles. The van der Waals surface area contributed by atoms with Crippen molar-refractivity contribution in [2.45, 2.75) is 32.1 Å². The van der Waals surface area contributed by atoms with Crippen molar-refractivity contribution in [1.29, 1.82) is 0 Å². The van der Waals surface area contributed by atoms with E-state index in [1.165, 1.54) is 5.56 Å². The highest BCUT2D eigenvalue weighted by atomic mass is 16.2. The number of amides is 1. The molecule has 1 aromatic carbocycles. The number of nitrogens with zero attached hydrogens (tertiary/aromatic N) is 2. The summed E-state index contributed by atoms with van der Waals surface area (Å²) in [6.45, 7) is 0. The lowest BCUT2D eigenvalue weighted by atomic mass is 10.1. The van der Waals surface area contributed by atoms with Crippen LogP contribution in [0.5, 0.6) is 0 Å². The maximum atomic E-state index is 12.6. The number of nitrogens with one attached hydrogen (secondary N) is 1. The predicted octanol–water partition coefficient (Wildman–Crippen LogP) is 4.05. The molecule has 0 spiro atoms. The highest BCUT2D eigenvalue weighted by Crippen LogP contribution is 2.27. The van der Waals surface area contributed by atoms with Gasteiger partial charge in [-0.25, -0.2) is 4.98 Å². The third-order valence-electron chi connectivity index (χ3n) is 4.78. The van der Waals surface area contributed by atoms with Crippen LogP contribution >= 0.6 is 0 Å². The number of rotatable bonds is 4. The average molecular weight is 319 g/mol. The second-order valence-corrected chi connectivity index (χ2v) is 6.47. The maximum Gasteiger partial charge on any atom is 0.228 e. The Morgan fingerprint density at radius 1 is 1.08 bits per heavy atom. The first-order valence-corrected chi connectivity index (χ1v) is 8.62. The number of anilines is 1. The standard InChI is InChI=1S/C20H21N3O/c24-20(16-10-4-5-11-16)22-19-17(14-15-8-2-1-3-9-15)21-18-12-6-7-13-23(18)19/h1-3,6-9,12-13,16H,4-5,10-11,14H2,(H,22,24). The van der Waals surface area contributed by atoms with Crippen molar-refractivity contribution in [3.05, 3.63) is 66.0 Å². The van der Waals surface area contributed by atoms with E-state index in [4.69, 9.17) is 4.98 Å². The Kier molecular flexibility index (Phi) is 4.03. The molecule has 1 amide bonds. The van der Waals surface area contributed by atoms with Crippen molar-refractivity contribution in [2.24, 2.45) is 5.92 Å². The molecule has 2 aromatic heterocycles. The van der Waals surface area contributed by atoms with E-state index in [2.05, 4.69) is 17.4 Å². The molecule has 0 unspecified atom stereocenters. The summed E-state index contributed by atoms with van der Waals surface area (Å²) in [7, 11) is 0. The molecular weight excluding hydrogens is 298 g/mol. The zero-order chi connectivity index (χ0) is 16.4. The zero-order valence-electron chi connectivity index (χ0n) is 13.6. The quantitative estimate of drug-likeness (QED) is 0.788. The summed E-state index contributed by atoms with van der Waals surface area (Å²) >= 11 is 0. The fourth-order valence-corrected chi connectivity index (χ4v) is 3.50. The van der Waals surface area contributed by atoms with Gasteiger partial charge < -0.3 is 5.32 Å². The van der Waals surface area contributed by atoms with Crippen LogP contribution in [-0.4, -0.2) is 15.3 Å². The van der Waals surface area contributed by atoms with E-state index in [-0.39, 0.29) is 11.8 Å². The normalized spacial score (nSPS) is 15.0. The molecule has 0 aliphatic heterocycles. The van der Waals surface area contributed by atoms with Gasteiger partial charge in [0.15, 0.2) is 0 Å². The number of aromatic nitrogens is 2. The van der Waals surface area contributed by atoms with Crippen LogP contribution in [0.1, 0.15) is 36.9 Å². The highest BCUT2D eigenvalue weighted by molar-refractivity contribution is 5.93. The molecule has 1 fully saturated rings. The van der Waals surface area contributed by atoms with Crippen molar-refractivity contribution >= 4 is 17.4 Å². The van der Waals surface area contributed by atoms with Gasteiger partial charge in [-0.15, -0.1) is 0 Å². The topological polar surface area (TPSA) is 46.4 Å². The maximum absolute atomic E-state index is 12.6. The van der Waals surface area contributed by atoms with Crippen LogP contribution in [-0.2, 0) is 11.2 Å². The smallest absolute Gasteiger partial charge is 0.228 e. The van der Waals surface area contributed by atoms with Crippen molar-refractivity contribution in [3.8, 4) is 0 Å². The summed E-state index contributed by atoms with van der Waals surface area (Å²) in [5.41, 5.74) is 2.97. The summed E-state index contributed by atoms with van der Waals surface area (Å²) in [6.07, 6.45) is 6.97. The van der Waals surface area contributed by atoms with Gasteiger partial charge in [-0.2, -0.15) is 0 Å². The van der Waals surface area contributed by atoms with E-state index in [0.29, 0.717) is 6.42 Å². The van der Waals surface area contributed by atoms with Crippen molar-refractivity contribution in [1.82, 2.24) is 9.38 Å². The van der Waals surface area contributed by atoms with Gasteiger partial charge in [0, 0.05) is 18.5 Å². The van der Waals surface area contributed by atoms with Crippen molar-refractivity contribution in [3.63, 3.8) is 0 Å². The van der Waals surface area contributed by atoms with E-state index in [0.717, 1.165) is 42.8 Å². The first-order valence-electron chi connectivity index (χ1n) is 8.62. The summed E-state index contributed by atoms with van der Waals surface area (Å²) in [5, 5.41) is 3.16. The molecule has 1 saturated carbocycles. The molecule has 4 rings (SSSR count). The molecule has 3 aromatic rings. The molecule has 24 heavy (non-hydrogen) atoms. The number of hydrogen-bond acceptors (Lipinski definition) is 2. The second-order valence-electron chi connectivity index (χ2n) is 6.47. The molecule has 2 heterocycles. The monoisotopic (exact) mass is 319 g/mol. The van der Waals surface area contributed by atoms with Crippen LogP contribution in [0, 0.1) is 5.92 Å². The third-order valence-corrected chi connectivity index (χ3v) is 4.78. The van der Waals surface area contributed by atoms with Crippen LogP contribution < -0.4 is 5.32 Å². The van der Waals surface area contributed by atoms with Gasteiger partial charge in [0.05, 0.1) is 5.69 Å². The number of pyridine rings is 1. The van der Waals surface area contributed by atoms with Gasteiger partial charge in [0.25, 0.3) is 0 Å². The van der Waals surface area contributed by atoms with Crippen LogP contribution in [0.25, 0.3) is 5.65 Å². The highest BCUT2D eigenvalue weighted by Gasteiger charge is 2.24. The van der Waals surface area contributed by atoms with E-state index in [1.54, 1.807) is 0 Å². The molecule has 4 heteroatoms. The molecule has 1 aliphatic carbocycles. The van der Waals surface area contributed by atoms with Crippen LogP contribution in [0.4, 0.5) is 5.82 Å². The van der Waals surface area contributed by atoms with Crippen LogP contribution in [0.15, 0.2) is 54.7 Å². The number of carbonyl (C=O) groups excluding carboxylic acids is 1. The second kappa shape index (κ2) is 6.48. The molecule has 4 nitrogen and oxygen atoms in total. The Morgan fingerprint density at radius 2 is 1.83 bits per heavy atom. The molecular formula is C20H21N3O. The molecule has 0 atom stereocenters. The minimum Gasteiger partial charge on any atom is -0.310 e. The minimum atomic E-state index is 0.132. The minimum absolute atomic E-state index is 0.132. The van der Waals surface area contributed by atoms with Gasteiger partial charge in [-0.05, 0) is 30.5 Å². The van der Waals surface area contributed by atoms with E-state index in [9.17, 15) is 4.79 Å². The largest absolute Gasteiger partial charge is 0.310 e. The lowest BCUT2D eigenvalue weighted by Crippen LogP contribution is -2.22. The zero-order valence-corrected chi connectivity index (χ0v) is 13.6. The van der Waals surface area contributed by atoms with Gasteiger partial charge in [0.2, 0.25) is 5.91 Å². The summed E-state index contributed by atoms with van der Waals surface area (Å²) < 4.78 is 1.98. The van der Waals surface area contributed by atoms with E-state index < -0.39 is 0 Å². The van der Waals surface area contributed by atoms with Crippen LogP contribution in [0.2, 0.25) is 0 Å². The first-order chi connectivity index (χ1) is 11.8. The van der Waals surface area contributed by atoms with E-state index in [1.807, 2.05) is 47.0 Å². The fourth-order valence-electron chi connectivity index (χ4n) is 3.50. The summed E-state index contributed by atoms with van der Waals surface area (Å²) in [5.74, 6) is 1.09. The third kappa shape index (κ3) is 2.92. The van der Waals surface area contributed by atoms with Gasteiger partial charge >= 0.3 is 0 Å². The van der Waals surface area contributed by atoms with Crippen LogP contribution in [0.3, 0.4) is 0 Å². The van der Waals surface area contributed by atoms with Crippen molar-refractivity contribution in [2.75, 3.05) is 5.32 Å².